The summed E-state index contributed by atoms with van der Waals surface area (Å²) in [6.07, 6.45) is 2.52. The molecule has 0 aliphatic carbocycles. The number of hydrogen-bond acceptors (Lipinski definition) is 4. The molecule has 1 aromatic heterocycles. The van der Waals surface area contributed by atoms with Gasteiger partial charge in [-0.15, -0.1) is 11.3 Å². The van der Waals surface area contributed by atoms with Crippen LogP contribution in [0, 0.1) is 11.8 Å². The largest absolute Gasteiger partial charge is 0.345 e. The molecule has 2 heterocycles. The van der Waals surface area contributed by atoms with Crippen LogP contribution in [0.15, 0.2) is 5.38 Å². The van der Waals surface area contributed by atoms with Gasteiger partial charge in [0.1, 0.15) is 0 Å². The summed E-state index contributed by atoms with van der Waals surface area (Å²) in [5, 5.41) is 6.83. The Balaban J connectivity index is 2.00. The third kappa shape index (κ3) is 3.69. The molecule has 1 N–H and O–H groups in total. The van der Waals surface area contributed by atoms with E-state index in [4.69, 9.17) is 4.98 Å². The first-order chi connectivity index (χ1) is 9.11. The lowest BCUT2D eigenvalue weighted by Gasteiger charge is -2.41. The van der Waals surface area contributed by atoms with Gasteiger partial charge in [0.15, 0.2) is 5.13 Å². The highest BCUT2D eigenvalue weighted by Gasteiger charge is 2.30. The lowest BCUT2D eigenvalue weighted by molar-refractivity contribution is 0.296. The topological polar surface area (TPSA) is 28.2 Å². The van der Waals surface area contributed by atoms with E-state index < -0.39 is 0 Å². The standard InChI is InChI=1S/C15H27N3S/c1-5-6-16-8-14-10-19-15(17-14)18-9-11(2)7-12(3)13(18)4/h10-13,16H,5-9H2,1-4H3. The molecule has 0 saturated carbocycles. The molecule has 0 aromatic carbocycles. The van der Waals surface area contributed by atoms with Crippen LogP contribution >= 0.6 is 11.3 Å². The van der Waals surface area contributed by atoms with Crippen LogP contribution in [0.4, 0.5) is 5.13 Å². The molecule has 3 nitrogen and oxygen atoms in total. The summed E-state index contributed by atoms with van der Waals surface area (Å²) in [7, 11) is 0. The Morgan fingerprint density at radius 2 is 2.21 bits per heavy atom. The van der Waals surface area contributed by atoms with Crippen LogP contribution in [-0.4, -0.2) is 24.1 Å². The fraction of sp³-hybridized carbons (Fsp3) is 0.800. The number of nitrogens with one attached hydrogen (secondary N) is 1. The van der Waals surface area contributed by atoms with E-state index in [1.807, 2.05) is 0 Å². The van der Waals surface area contributed by atoms with E-state index in [0.717, 1.165) is 31.5 Å². The Morgan fingerprint density at radius 1 is 1.42 bits per heavy atom. The third-order valence-electron chi connectivity index (χ3n) is 4.12. The van der Waals surface area contributed by atoms with Crippen molar-refractivity contribution in [1.82, 2.24) is 10.3 Å². The number of anilines is 1. The molecule has 0 amide bonds. The molecule has 3 unspecified atom stereocenters. The first-order valence-corrected chi connectivity index (χ1v) is 8.41. The number of piperidine rings is 1. The molecule has 1 saturated heterocycles. The predicted molar refractivity (Wildman–Crippen MR) is 83.9 cm³/mol. The molecule has 1 aliphatic heterocycles. The van der Waals surface area contributed by atoms with Crippen molar-refractivity contribution in [1.29, 1.82) is 0 Å². The maximum Gasteiger partial charge on any atom is 0.185 e. The van der Waals surface area contributed by atoms with Gasteiger partial charge in [-0.25, -0.2) is 4.98 Å². The van der Waals surface area contributed by atoms with E-state index >= 15 is 0 Å². The van der Waals surface area contributed by atoms with Crippen molar-refractivity contribution < 1.29 is 0 Å². The molecule has 0 bridgehead atoms. The molecule has 3 atom stereocenters. The van der Waals surface area contributed by atoms with Gasteiger partial charge in [0.2, 0.25) is 0 Å². The highest BCUT2D eigenvalue weighted by molar-refractivity contribution is 7.13. The van der Waals surface area contributed by atoms with Crippen molar-refractivity contribution in [3.63, 3.8) is 0 Å². The minimum Gasteiger partial charge on any atom is -0.345 e. The van der Waals surface area contributed by atoms with Crippen LogP contribution in [0.5, 0.6) is 0 Å². The summed E-state index contributed by atoms with van der Waals surface area (Å²) in [5.41, 5.74) is 1.19. The van der Waals surface area contributed by atoms with Gasteiger partial charge >= 0.3 is 0 Å². The van der Waals surface area contributed by atoms with Gasteiger partial charge in [-0.3, -0.25) is 0 Å². The SMILES string of the molecule is CCCNCc1csc(N2CC(C)CC(C)C2C)n1. The van der Waals surface area contributed by atoms with Gasteiger partial charge in [0.05, 0.1) is 5.69 Å². The summed E-state index contributed by atoms with van der Waals surface area (Å²) in [6, 6.07) is 0.610. The van der Waals surface area contributed by atoms with Gasteiger partial charge in [0.25, 0.3) is 0 Å². The first kappa shape index (κ1) is 14.8. The second-order valence-corrected chi connectivity index (χ2v) is 6.85. The third-order valence-corrected chi connectivity index (χ3v) is 5.04. The molecular formula is C15H27N3S. The van der Waals surface area contributed by atoms with Crippen molar-refractivity contribution in [2.75, 3.05) is 18.0 Å². The Hall–Kier alpha value is -0.610. The van der Waals surface area contributed by atoms with Gasteiger partial charge in [0, 0.05) is 24.5 Å². The maximum absolute atomic E-state index is 4.81. The summed E-state index contributed by atoms with van der Waals surface area (Å²) in [4.78, 5) is 7.31. The van der Waals surface area contributed by atoms with Crippen LogP contribution in [0.1, 0.15) is 46.2 Å². The van der Waals surface area contributed by atoms with E-state index in [1.54, 1.807) is 11.3 Å². The van der Waals surface area contributed by atoms with E-state index in [1.165, 1.54) is 23.7 Å². The predicted octanol–water partition coefficient (Wildman–Crippen LogP) is 3.51. The zero-order valence-corrected chi connectivity index (χ0v) is 13.5. The highest BCUT2D eigenvalue weighted by Crippen LogP contribution is 2.32. The number of thiazole rings is 1. The molecule has 108 valence electrons. The maximum atomic E-state index is 4.81. The lowest BCUT2D eigenvalue weighted by Crippen LogP contribution is -2.45. The minimum atomic E-state index is 0.610. The van der Waals surface area contributed by atoms with Crippen LogP contribution in [0.25, 0.3) is 0 Å². The molecule has 4 heteroatoms. The quantitative estimate of drug-likeness (QED) is 0.837. The smallest absolute Gasteiger partial charge is 0.185 e. The number of nitrogens with zero attached hydrogens (tertiary/aromatic N) is 2. The number of hydrogen-bond donors (Lipinski definition) is 1. The zero-order chi connectivity index (χ0) is 13.8. The van der Waals surface area contributed by atoms with Crippen LogP contribution in [0.2, 0.25) is 0 Å². The van der Waals surface area contributed by atoms with Crippen molar-refractivity contribution in [2.45, 2.75) is 53.1 Å². The van der Waals surface area contributed by atoms with E-state index in [9.17, 15) is 0 Å². The molecule has 1 fully saturated rings. The van der Waals surface area contributed by atoms with Crippen LogP contribution < -0.4 is 10.2 Å². The fourth-order valence-electron chi connectivity index (χ4n) is 2.87. The summed E-state index contributed by atoms with van der Waals surface area (Å²) < 4.78 is 0. The second kappa shape index (κ2) is 6.71. The van der Waals surface area contributed by atoms with Gasteiger partial charge < -0.3 is 10.2 Å². The van der Waals surface area contributed by atoms with Crippen molar-refractivity contribution in [2.24, 2.45) is 11.8 Å². The molecule has 2 rings (SSSR count). The van der Waals surface area contributed by atoms with Crippen molar-refractivity contribution in [3.8, 4) is 0 Å². The average Bonchev–Trinajstić information content (AvgIpc) is 2.83. The van der Waals surface area contributed by atoms with E-state index in [-0.39, 0.29) is 0 Å². The van der Waals surface area contributed by atoms with Crippen LogP contribution in [-0.2, 0) is 6.54 Å². The summed E-state index contributed by atoms with van der Waals surface area (Å²) in [5.74, 6) is 1.53. The molecule has 1 aliphatic rings. The van der Waals surface area contributed by atoms with Crippen molar-refractivity contribution >= 4 is 16.5 Å². The molecule has 19 heavy (non-hydrogen) atoms. The van der Waals surface area contributed by atoms with Gasteiger partial charge in [-0.05, 0) is 38.1 Å². The fourth-order valence-corrected chi connectivity index (χ4v) is 3.79. The zero-order valence-electron chi connectivity index (χ0n) is 12.6. The lowest BCUT2D eigenvalue weighted by atomic mass is 9.86. The van der Waals surface area contributed by atoms with Crippen LogP contribution in [0.3, 0.4) is 0 Å². The Kier molecular flexibility index (Phi) is 5.22. The summed E-state index contributed by atoms with van der Waals surface area (Å²) >= 11 is 1.80. The number of aromatic nitrogens is 1. The Labute approximate surface area is 121 Å². The Bertz CT molecular complexity index is 390. The second-order valence-electron chi connectivity index (χ2n) is 6.01. The van der Waals surface area contributed by atoms with Gasteiger partial charge in [-0.1, -0.05) is 20.8 Å². The average molecular weight is 281 g/mol. The monoisotopic (exact) mass is 281 g/mol. The minimum absolute atomic E-state index is 0.610. The molecule has 0 radical (unpaired) electrons. The summed E-state index contributed by atoms with van der Waals surface area (Å²) in [6.45, 7) is 12.4. The highest BCUT2D eigenvalue weighted by atomic mass is 32.1. The molecule has 0 spiro atoms. The molecule has 1 aromatic rings. The molecular weight excluding hydrogens is 254 g/mol. The van der Waals surface area contributed by atoms with Gasteiger partial charge in [-0.2, -0.15) is 0 Å². The van der Waals surface area contributed by atoms with E-state index in [0.29, 0.717) is 6.04 Å². The number of rotatable bonds is 5. The first-order valence-electron chi connectivity index (χ1n) is 7.53. The van der Waals surface area contributed by atoms with E-state index in [2.05, 4.69) is 43.3 Å². The van der Waals surface area contributed by atoms with Crippen molar-refractivity contribution in [3.05, 3.63) is 11.1 Å². The Morgan fingerprint density at radius 3 is 2.95 bits per heavy atom. The normalized spacial score (nSPS) is 27.8.